The summed E-state index contributed by atoms with van der Waals surface area (Å²) in [6.07, 6.45) is 2.08. The maximum atomic E-state index is 14.0. The van der Waals surface area contributed by atoms with Crippen LogP contribution in [0.25, 0.3) is 49.0 Å². The Morgan fingerprint density at radius 2 is 1.77 bits per heavy atom. The Labute approximate surface area is 149 Å². The second kappa shape index (κ2) is 4.50. The van der Waals surface area contributed by atoms with Crippen LogP contribution in [0.1, 0.15) is 5.56 Å². The summed E-state index contributed by atoms with van der Waals surface area (Å²) < 4.78 is 18.5. The van der Waals surface area contributed by atoms with Crippen molar-refractivity contribution >= 4 is 49.0 Å². The molecule has 0 unspecified atom stereocenters. The van der Waals surface area contributed by atoms with E-state index in [0.717, 1.165) is 21.8 Å². The van der Waals surface area contributed by atoms with Crippen molar-refractivity contribution in [2.75, 3.05) is 0 Å². The molecule has 3 aromatic heterocycles. The number of nitrogens with zero attached hydrogens (tertiary/aromatic N) is 2. The van der Waals surface area contributed by atoms with Crippen LogP contribution in [0.3, 0.4) is 0 Å². The smallest absolute Gasteiger partial charge is 0.238 e. The van der Waals surface area contributed by atoms with Crippen molar-refractivity contribution in [1.29, 1.82) is 0 Å². The first-order chi connectivity index (χ1) is 12.6. The number of fused-ring (bicyclic) bond motifs is 5. The first-order valence-electron chi connectivity index (χ1n) is 8.80. The van der Waals surface area contributed by atoms with Gasteiger partial charge in [0.1, 0.15) is 18.4 Å². The minimum absolute atomic E-state index is 0.197. The zero-order valence-electron chi connectivity index (χ0n) is 14.5. The van der Waals surface area contributed by atoms with E-state index in [1.54, 1.807) is 12.1 Å². The van der Waals surface area contributed by atoms with E-state index in [1.165, 1.54) is 32.8 Å². The van der Waals surface area contributed by atoms with Crippen molar-refractivity contribution in [2.45, 2.75) is 6.92 Å². The summed E-state index contributed by atoms with van der Waals surface area (Å²) in [6, 6.07) is 18.0. The summed E-state index contributed by atoms with van der Waals surface area (Å²) in [5.74, 6) is -0.197. The molecule has 124 valence electrons. The Hall–Kier alpha value is -3.20. The summed E-state index contributed by atoms with van der Waals surface area (Å²) in [4.78, 5) is 0. The lowest BCUT2D eigenvalue weighted by Crippen LogP contribution is -2.28. The predicted molar refractivity (Wildman–Crippen MR) is 104 cm³/mol. The topological polar surface area (TPSA) is 8.29 Å². The molecule has 6 aromatic rings. The maximum absolute atomic E-state index is 14.0. The summed E-state index contributed by atoms with van der Waals surface area (Å²) in [7, 11) is 2.09. The van der Waals surface area contributed by atoms with Gasteiger partial charge in [-0.1, -0.05) is 24.3 Å². The Morgan fingerprint density at radius 1 is 0.885 bits per heavy atom. The molecule has 0 bridgehead atoms. The fourth-order valence-corrected chi connectivity index (χ4v) is 4.62. The van der Waals surface area contributed by atoms with Crippen molar-refractivity contribution in [3.63, 3.8) is 0 Å². The summed E-state index contributed by atoms with van der Waals surface area (Å²) in [5.41, 5.74) is 5.83. The van der Waals surface area contributed by atoms with Gasteiger partial charge in [-0.05, 0) is 42.1 Å². The highest BCUT2D eigenvalue weighted by Gasteiger charge is 2.23. The molecule has 0 atom stereocenters. The molecule has 6 rings (SSSR count). The summed E-state index contributed by atoms with van der Waals surface area (Å²) in [6.45, 7) is 2.17. The minimum atomic E-state index is -0.197. The molecule has 3 heteroatoms. The third kappa shape index (κ3) is 1.50. The molecule has 0 radical (unpaired) electrons. The molecule has 3 heterocycles. The van der Waals surface area contributed by atoms with Gasteiger partial charge < -0.3 is 4.40 Å². The Kier molecular flexibility index (Phi) is 2.42. The Bertz CT molecular complexity index is 1510. The van der Waals surface area contributed by atoms with E-state index in [-0.39, 0.29) is 5.82 Å². The number of rotatable bonds is 0. The lowest BCUT2D eigenvalue weighted by Gasteiger charge is -2.12. The quantitative estimate of drug-likeness (QED) is 0.203. The van der Waals surface area contributed by atoms with Gasteiger partial charge in [0.15, 0.2) is 6.20 Å². The molecule has 0 fully saturated rings. The molecule has 2 nitrogen and oxygen atoms in total. The van der Waals surface area contributed by atoms with Crippen LogP contribution in [0.2, 0.25) is 0 Å². The van der Waals surface area contributed by atoms with E-state index in [1.807, 2.05) is 6.07 Å². The maximum Gasteiger partial charge on any atom is 0.238 e. The molecule has 0 N–H and O–H groups in total. The van der Waals surface area contributed by atoms with E-state index in [4.69, 9.17) is 0 Å². The van der Waals surface area contributed by atoms with Gasteiger partial charge in [0, 0.05) is 22.2 Å². The monoisotopic (exact) mass is 339 g/mol. The van der Waals surface area contributed by atoms with E-state index >= 15 is 0 Å². The van der Waals surface area contributed by atoms with Crippen LogP contribution in [0, 0.1) is 12.7 Å². The van der Waals surface area contributed by atoms with Gasteiger partial charge in [0.25, 0.3) is 0 Å². The molecule has 0 aliphatic carbocycles. The highest BCUT2D eigenvalue weighted by Crippen LogP contribution is 2.40. The second-order valence-corrected chi connectivity index (χ2v) is 7.17. The van der Waals surface area contributed by atoms with Gasteiger partial charge >= 0.3 is 0 Å². The number of hydrogen-bond donors (Lipinski definition) is 0. The van der Waals surface area contributed by atoms with Gasteiger partial charge in [-0.15, -0.1) is 0 Å². The largest absolute Gasteiger partial charge is 0.303 e. The van der Waals surface area contributed by atoms with Gasteiger partial charge in [-0.25, -0.2) is 4.39 Å². The van der Waals surface area contributed by atoms with Crippen LogP contribution in [0.5, 0.6) is 0 Å². The molecular formula is C23H16FN2+. The molecule has 0 aliphatic rings. The van der Waals surface area contributed by atoms with E-state index in [2.05, 4.69) is 65.5 Å². The van der Waals surface area contributed by atoms with Crippen LogP contribution in [-0.4, -0.2) is 4.40 Å². The zero-order chi connectivity index (χ0) is 17.6. The Balaban J connectivity index is 2.15. The van der Waals surface area contributed by atoms with E-state index in [9.17, 15) is 4.39 Å². The molecule has 26 heavy (non-hydrogen) atoms. The highest BCUT2D eigenvalue weighted by molar-refractivity contribution is 6.25. The van der Waals surface area contributed by atoms with Crippen molar-refractivity contribution in [2.24, 2.45) is 7.05 Å². The molecular weight excluding hydrogens is 323 g/mol. The summed E-state index contributed by atoms with van der Waals surface area (Å²) in [5, 5.41) is 5.84. The number of halogens is 1. The zero-order valence-corrected chi connectivity index (χ0v) is 14.5. The fraction of sp³-hybridized carbons (Fsp3) is 0.0870. The molecule has 0 saturated carbocycles. The van der Waals surface area contributed by atoms with Crippen molar-refractivity contribution in [3.8, 4) is 0 Å². The Morgan fingerprint density at radius 3 is 2.65 bits per heavy atom. The normalized spacial score (nSPS) is 12.4. The molecule has 0 spiro atoms. The average Bonchev–Trinajstić information content (AvgIpc) is 2.96. The van der Waals surface area contributed by atoms with Gasteiger partial charge in [-0.3, -0.25) is 0 Å². The number of pyridine rings is 2. The SMILES string of the molecule is Cc1ccc2cccc3c2c1c1c2c(cc[n+]1C)c1cc(F)ccc1n32. The van der Waals surface area contributed by atoms with Crippen molar-refractivity contribution in [1.82, 2.24) is 4.40 Å². The number of aryl methyl sites for hydroxylation is 2. The number of aromatic nitrogens is 2. The first kappa shape index (κ1) is 14.0. The van der Waals surface area contributed by atoms with Crippen LogP contribution in [0.4, 0.5) is 4.39 Å². The van der Waals surface area contributed by atoms with Crippen LogP contribution in [-0.2, 0) is 7.05 Å². The van der Waals surface area contributed by atoms with Crippen LogP contribution in [0.15, 0.2) is 60.8 Å². The number of benzene rings is 3. The molecule has 0 aliphatic heterocycles. The lowest BCUT2D eigenvalue weighted by molar-refractivity contribution is -0.644. The minimum Gasteiger partial charge on any atom is -0.303 e. The third-order valence-corrected chi connectivity index (χ3v) is 5.72. The van der Waals surface area contributed by atoms with E-state index in [0.29, 0.717) is 0 Å². The first-order valence-corrected chi connectivity index (χ1v) is 8.80. The van der Waals surface area contributed by atoms with Crippen molar-refractivity contribution < 1.29 is 8.96 Å². The van der Waals surface area contributed by atoms with E-state index < -0.39 is 0 Å². The number of hydrogen-bond acceptors (Lipinski definition) is 0. The summed E-state index contributed by atoms with van der Waals surface area (Å²) >= 11 is 0. The van der Waals surface area contributed by atoms with Gasteiger partial charge in [-0.2, -0.15) is 4.57 Å². The molecule has 0 saturated heterocycles. The average molecular weight is 339 g/mol. The third-order valence-electron chi connectivity index (χ3n) is 5.72. The molecule has 3 aromatic carbocycles. The predicted octanol–water partition coefficient (Wildman–Crippen LogP) is 5.26. The standard InChI is InChI=1S/C23H16FN2/c1-13-6-7-14-4-3-5-19-21(14)20(13)23-22-16(10-11-25(23)2)17-12-15(24)8-9-18(17)26(19)22/h3-12H,1-2H3/q+1. The lowest BCUT2D eigenvalue weighted by atomic mass is 9.98. The van der Waals surface area contributed by atoms with Gasteiger partial charge in [0.2, 0.25) is 5.52 Å². The second-order valence-electron chi connectivity index (χ2n) is 7.17. The van der Waals surface area contributed by atoms with Crippen LogP contribution >= 0.6 is 0 Å². The van der Waals surface area contributed by atoms with Gasteiger partial charge in [0.05, 0.1) is 16.4 Å². The van der Waals surface area contributed by atoms with Crippen molar-refractivity contribution in [3.05, 3.63) is 72.2 Å². The van der Waals surface area contributed by atoms with Crippen LogP contribution < -0.4 is 4.57 Å². The fourth-order valence-electron chi connectivity index (χ4n) is 4.62. The highest BCUT2D eigenvalue weighted by atomic mass is 19.1. The molecule has 0 amide bonds.